The molecule has 0 aliphatic rings. The van der Waals surface area contributed by atoms with E-state index >= 15 is 0 Å². The van der Waals surface area contributed by atoms with Crippen LogP contribution in [-0.2, 0) is 0 Å². The first kappa shape index (κ1) is 12.4. The van der Waals surface area contributed by atoms with Crippen LogP contribution in [0.4, 0.5) is 5.69 Å². The molecular formula is C17H15N3. The van der Waals surface area contributed by atoms with Crippen LogP contribution in [0.1, 0.15) is 5.56 Å². The molecule has 2 N–H and O–H groups in total. The lowest BCUT2D eigenvalue weighted by atomic mass is 10.1. The third kappa shape index (κ3) is 2.52. The number of hydrogen-bond donors (Lipinski definition) is 1. The lowest BCUT2D eigenvalue weighted by Gasteiger charge is -2.05. The average Bonchev–Trinajstić information content (AvgIpc) is 2.48. The molecule has 0 bridgehead atoms. The van der Waals surface area contributed by atoms with Gasteiger partial charge in [-0.15, -0.1) is 0 Å². The molecule has 3 nitrogen and oxygen atoms in total. The molecule has 2 aromatic carbocycles. The Morgan fingerprint density at radius 1 is 0.850 bits per heavy atom. The Balaban J connectivity index is 2.03. The second kappa shape index (κ2) is 5.13. The summed E-state index contributed by atoms with van der Waals surface area (Å²) in [4.78, 5) is 8.95. The number of aryl methyl sites for hydroxylation is 1. The largest absolute Gasteiger partial charge is 0.399 e. The lowest BCUT2D eigenvalue weighted by molar-refractivity contribution is 1.21. The van der Waals surface area contributed by atoms with Crippen molar-refractivity contribution in [3.63, 3.8) is 0 Å². The molecule has 98 valence electrons. The summed E-state index contributed by atoms with van der Waals surface area (Å²) in [5, 5.41) is 0. The lowest BCUT2D eigenvalue weighted by Crippen LogP contribution is -1.91. The van der Waals surface area contributed by atoms with Crippen molar-refractivity contribution in [2.75, 3.05) is 5.73 Å². The highest BCUT2D eigenvalue weighted by Crippen LogP contribution is 2.22. The van der Waals surface area contributed by atoms with Gasteiger partial charge in [0.05, 0.1) is 23.8 Å². The second-order valence-corrected chi connectivity index (χ2v) is 4.78. The molecule has 0 spiro atoms. The monoisotopic (exact) mass is 261 g/mol. The van der Waals surface area contributed by atoms with Gasteiger partial charge in [-0.05, 0) is 19.1 Å². The van der Waals surface area contributed by atoms with Gasteiger partial charge < -0.3 is 5.73 Å². The van der Waals surface area contributed by atoms with Crippen molar-refractivity contribution >= 4 is 5.69 Å². The smallest absolute Gasteiger partial charge is 0.0893 e. The molecule has 20 heavy (non-hydrogen) atoms. The highest BCUT2D eigenvalue weighted by molar-refractivity contribution is 5.67. The van der Waals surface area contributed by atoms with E-state index in [2.05, 4.69) is 41.2 Å². The normalized spacial score (nSPS) is 10.4. The molecule has 1 aromatic heterocycles. The molecule has 0 radical (unpaired) electrons. The van der Waals surface area contributed by atoms with Gasteiger partial charge in [0.2, 0.25) is 0 Å². The summed E-state index contributed by atoms with van der Waals surface area (Å²) < 4.78 is 0. The molecule has 1 heterocycles. The summed E-state index contributed by atoms with van der Waals surface area (Å²) in [6.07, 6.45) is 3.53. The van der Waals surface area contributed by atoms with E-state index in [4.69, 9.17) is 5.73 Å². The Morgan fingerprint density at radius 2 is 1.55 bits per heavy atom. The predicted octanol–water partition coefficient (Wildman–Crippen LogP) is 3.70. The molecule has 3 rings (SSSR count). The topological polar surface area (TPSA) is 51.8 Å². The van der Waals surface area contributed by atoms with E-state index in [1.165, 1.54) is 5.56 Å². The van der Waals surface area contributed by atoms with Gasteiger partial charge in [0.15, 0.2) is 0 Å². The summed E-state index contributed by atoms with van der Waals surface area (Å²) in [6.45, 7) is 2.07. The van der Waals surface area contributed by atoms with Crippen LogP contribution in [0.3, 0.4) is 0 Å². The van der Waals surface area contributed by atoms with Crippen LogP contribution in [-0.4, -0.2) is 9.97 Å². The maximum atomic E-state index is 5.81. The Kier molecular flexibility index (Phi) is 3.17. The number of nitrogens with zero attached hydrogens (tertiary/aromatic N) is 2. The number of rotatable bonds is 2. The van der Waals surface area contributed by atoms with Gasteiger partial charge in [-0.2, -0.15) is 0 Å². The SMILES string of the molecule is Cc1ccc(-c2cncc(-c3cccc(N)c3)n2)cc1. The summed E-state index contributed by atoms with van der Waals surface area (Å²) in [6, 6.07) is 15.9. The van der Waals surface area contributed by atoms with E-state index in [1.807, 2.05) is 24.3 Å². The van der Waals surface area contributed by atoms with Crippen LogP contribution in [0.25, 0.3) is 22.5 Å². The molecule has 3 aromatic rings. The van der Waals surface area contributed by atoms with Gasteiger partial charge in [-0.3, -0.25) is 4.98 Å². The summed E-state index contributed by atoms with van der Waals surface area (Å²) in [7, 11) is 0. The number of anilines is 1. The zero-order valence-electron chi connectivity index (χ0n) is 11.2. The van der Waals surface area contributed by atoms with Crippen LogP contribution in [0.2, 0.25) is 0 Å². The van der Waals surface area contributed by atoms with Crippen LogP contribution in [0.15, 0.2) is 60.9 Å². The third-order valence-corrected chi connectivity index (χ3v) is 3.16. The fourth-order valence-electron chi connectivity index (χ4n) is 2.07. The molecule has 0 saturated heterocycles. The van der Waals surface area contributed by atoms with Crippen LogP contribution in [0, 0.1) is 6.92 Å². The standard InChI is InChI=1S/C17H15N3/c1-12-5-7-13(8-6-12)16-10-19-11-17(20-16)14-3-2-4-15(18)9-14/h2-11H,18H2,1H3. The third-order valence-electron chi connectivity index (χ3n) is 3.16. The molecule has 0 atom stereocenters. The minimum Gasteiger partial charge on any atom is -0.399 e. The zero-order chi connectivity index (χ0) is 13.9. The minimum atomic E-state index is 0.727. The molecule has 0 aliphatic heterocycles. The Hall–Kier alpha value is -2.68. The molecular weight excluding hydrogens is 246 g/mol. The van der Waals surface area contributed by atoms with Gasteiger partial charge in [0, 0.05) is 16.8 Å². The molecule has 0 saturated carbocycles. The van der Waals surface area contributed by atoms with Gasteiger partial charge >= 0.3 is 0 Å². The van der Waals surface area contributed by atoms with Crippen molar-refractivity contribution in [2.45, 2.75) is 6.92 Å². The summed E-state index contributed by atoms with van der Waals surface area (Å²) >= 11 is 0. The molecule has 0 aliphatic carbocycles. The minimum absolute atomic E-state index is 0.727. The highest BCUT2D eigenvalue weighted by Gasteiger charge is 2.04. The first-order valence-corrected chi connectivity index (χ1v) is 6.47. The van der Waals surface area contributed by atoms with Gasteiger partial charge in [-0.1, -0.05) is 42.0 Å². The van der Waals surface area contributed by atoms with Crippen molar-refractivity contribution in [1.82, 2.24) is 9.97 Å². The highest BCUT2D eigenvalue weighted by atomic mass is 14.8. The van der Waals surface area contributed by atoms with E-state index in [9.17, 15) is 0 Å². The van der Waals surface area contributed by atoms with Gasteiger partial charge in [0.1, 0.15) is 0 Å². The van der Waals surface area contributed by atoms with Crippen LogP contribution >= 0.6 is 0 Å². The van der Waals surface area contributed by atoms with Crippen molar-refractivity contribution < 1.29 is 0 Å². The Labute approximate surface area is 118 Å². The number of aromatic nitrogens is 2. The van der Waals surface area contributed by atoms with E-state index in [1.54, 1.807) is 12.4 Å². The fraction of sp³-hybridized carbons (Fsp3) is 0.0588. The van der Waals surface area contributed by atoms with Crippen molar-refractivity contribution in [1.29, 1.82) is 0 Å². The average molecular weight is 261 g/mol. The van der Waals surface area contributed by atoms with E-state index < -0.39 is 0 Å². The van der Waals surface area contributed by atoms with E-state index in [-0.39, 0.29) is 0 Å². The molecule has 0 unspecified atom stereocenters. The zero-order valence-corrected chi connectivity index (χ0v) is 11.2. The second-order valence-electron chi connectivity index (χ2n) is 4.78. The van der Waals surface area contributed by atoms with Crippen LogP contribution in [0.5, 0.6) is 0 Å². The maximum absolute atomic E-state index is 5.81. The van der Waals surface area contributed by atoms with E-state index in [0.29, 0.717) is 0 Å². The van der Waals surface area contributed by atoms with Crippen LogP contribution < -0.4 is 5.73 Å². The van der Waals surface area contributed by atoms with Gasteiger partial charge in [0.25, 0.3) is 0 Å². The number of nitrogen functional groups attached to an aromatic ring is 1. The maximum Gasteiger partial charge on any atom is 0.0893 e. The molecule has 0 fully saturated rings. The predicted molar refractivity (Wildman–Crippen MR) is 82.1 cm³/mol. The first-order valence-electron chi connectivity index (χ1n) is 6.47. The Morgan fingerprint density at radius 3 is 2.25 bits per heavy atom. The van der Waals surface area contributed by atoms with Crippen molar-refractivity contribution in [3.8, 4) is 22.5 Å². The first-order chi connectivity index (χ1) is 9.72. The van der Waals surface area contributed by atoms with Crippen molar-refractivity contribution in [3.05, 3.63) is 66.5 Å². The Bertz CT molecular complexity index is 733. The molecule has 0 amide bonds. The molecule has 3 heteroatoms. The quantitative estimate of drug-likeness (QED) is 0.715. The van der Waals surface area contributed by atoms with E-state index in [0.717, 1.165) is 28.2 Å². The number of hydrogen-bond acceptors (Lipinski definition) is 3. The number of nitrogens with two attached hydrogens (primary N) is 1. The summed E-state index contributed by atoms with van der Waals surface area (Å²) in [5.74, 6) is 0. The van der Waals surface area contributed by atoms with Gasteiger partial charge in [-0.25, -0.2) is 4.98 Å². The summed E-state index contributed by atoms with van der Waals surface area (Å²) in [5.41, 5.74) is 11.5. The van der Waals surface area contributed by atoms with Crippen molar-refractivity contribution in [2.24, 2.45) is 0 Å². The number of benzene rings is 2. The fourth-order valence-corrected chi connectivity index (χ4v) is 2.07.